The molecule has 3 aromatic rings. The third kappa shape index (κ3) is 3.19. The fraction of sp³-hybridized carbons (Fsp3) is 0.250. The Balaban J connectivity index is 1.80. The van der Waals surface area contributed by atoms with E-state index in [2.05, 4.69) is 20.7 Å². The minimum Gasteiger partial charge on any atom is -0.459 e. The number of ketones is 1. The average Bonchev–Trinajstić information content (AvgIpc) is 2.94. The number of carbonyl (C=O) groups excluding carboxylic acids is 1. The van der Waals surface area contributed by atoms with E-state index in [1.54, 1.807) is 31.2 Å². The molecule has 0 atom stereocenters. The van der Waals surface area contributed by atoms with E-state index in [0.717, 1.165) is 12.0 Å². The Hall–Kier alpha value is -2.12. The van der Waals surface area contributed by atoms with Gasteiger partial charge < -0.3 is 4.42 Å². The molecule has 2 aromatic carbocycles. The fourth-order valence-electron chi connectivity index (χ4n) is 3.59. The Morgan fingerprint density at radius 2 is 1.89 bits per heavy atom. The van der Waals surface area contributed by atoms with Crippen LogP contribution in [0.3, 0.4) is 0 Å². The molecule has 140 valence electrons. The van der Waals surface area contributed by atoms with Crippen LogP contribution in [-0.2, 0) is 16.4 Å². The molecule has 0 amide bonds. The number of hydrogen-bond donors (Lipinski definition) is 1. The molecule has 0 unspecified atom stereocenters. The quantitative estimate of drug-likeness (QED) is 0.603. The molecule has 1 aromatic heterocycles. The van der Waals surface area contributed by atoms with Crippen molar-refractivity contribution in [1.82, 2.24) is 0 Å². The minimum atomic E-state index is -3.75. The van der Waals surface area contributed by atoms with Crippen molar-refractivity contribution in [2.75, 3.05) is 4.72 Å². The molecule has 7 heteroatoms. The highest BCUT2D eigenvalue weighted by Gasteiger charge is 2.26. The van der Waals surface area contributed by atoms with Crippen molar-refractivity contribution in [1.29, 1.82) is 0 Å². The topological polar surface area (TPSA) is 76.4 Å². The molecule has 1 aliphatic rings. The molecule has 0 saturated heterocycles. The van der Waals surface area contributed by atoms with E-state index in [4.69, 9.17) is 4.42 Å². The van der Waals surface area contributed by atoms with Gasteiger partial charge in [-0.05, 0) is 60.0 Å². The number of rotatable bonds is 3. The second-order valence-corrected chi connectivity index (χ2v) is 9.39. The van der Waals surface area contributed by atoms with Crippen LogP contribution in [0.4, 0.5) is 5.69 Å². The Kier molecular flexibility index (Phi) is 4.39. The predicted molar refractivity (Wildman–Crippen MR) is 108 cm³/mol. The standard InChI is InChI=1S/C20H18BrNO4S/c1-11-6-7-18(12(2)8-11)27(24,25)22-13-9-14-19-16(23)4-3-5-17(19)26-20(14)15(21)10-13/h6-10,22H,3-5H2,1-2H3. The van der Waals surface area contributed by atoms with Gasteiger partial charge in [0.05, 0.1) is 20.6 Å². The van der Waals surface area contributed by atoms with Crippen LogP contribution >= 0.6 is 15.9 Å². The zero-order valence-corrected chi connectivity index (χ0v) is 17.3. The Bertz CT molecular complexity index is 1190. The second kappa shape index (κ2) is 6.49. The summed E-state index contributed by atoms with van der Waals surface area (Å²) in [5, 5.41) is 0.641. The number of benzene rings is 2. The average molecular weight is 448 g/mol. The lowest BCUT2D eigenvalue weighted by Gasteiger charge is -2.12. The van der Waals surface area contributed by atoms with E-state index in [1.165, 1.54) is 0 Å². The number of Topliss-reactive ketones (excluding diaryl/α,β-unsaturated/α-hetero) is 1. The van der Waals surface area contributed by atoms with E-state index in [9.17, 15) is 13.2 Å². The monoisotopic (exact) mass is 447 g/mol. The summed E-state index contributed by atoms with van der Waals surface area (Å²) >= 11 is 3.44. The second-order valence-electron chi connectivity index (χ2n) is 6.89. The molecule has 5 nitrogen and oxygen atoms in total. The lowest BCUT2D eigenvalue weighted by Crippen LogP contribution is -2.14. The molecule has 0 aliphatic heterocycles. The summed E-state index contributed by atoms with van der Waals surface area (Å²) in [6.07, 6.45) is 1.97. The molecule has 4 rings (SSSR count). The normalized spacial score (nSPS) is 14.4. The van der Waals surface area contributed by atoms with Gasteiger partial charge in [0, 0.05) is 18.2 Å². The largest absolute Gasteiger partial charge is 0.459 e. The molecule has 1 N–H and O–H groups in total. The number of sulfonamides is 1. The summed E-state index contributed by atoms with van der Waals surface area (Å²) in [6.45, 7) is 3.69. The minimum absolute atomic E-state index is 0.0382. The summed E-state index contributed by atoms with van der Waals surface area (Å²) in [7, 11) is -3.75. The van der Waals surface area contributed by atoms with E-state index < -0.39 is 10.0 Å². The van der Waals surface area contributed by atoms with Gasteiger partial charge in [0.2, 0.25) is 0 Å². The van der Waals surface area contributed by atoms with Gasteiger partial charge in [-0.1, -0.05) is 17.7 Å². The molecule has 27 heavy (non-hydrogen) atoms. The first kappa shape index (κ1) is 18.3. The maximum absolute atomic E-state index is 12.9. The van der Waals surface area contributed by atoms with Gasteiger partial charge in [0.1, 0.15) is 11.3 Å². The summed E-state index contributed by atoms with van der Waals surface area (Å²) in [5.41, 5.74) is 3.21. The summed E-state index contributed by atoms with van der Waals surface area (Å²) in [5.74, 6) is 0.715. The molecule has 0 bridgehead atoms. The highest BCUT2D eigenvalue weighted by molar-refractivity contribution is 9.10. The number of aryl methyl sites for hydroxylation is 3. The van der Waals surface area contributed by atoms with Crippen LogP contribution in [0.15, 0.2) is 44.1 Å². The summed E-state index contributed by atoms with van der Waals surface area (Å²) in [6, 6.07) is 8.53. The molecule has 0 fully saturated rings. The van der Waals surface area contributed by atoms with Crippen LogP contribution in [-0.4, -0.2) is 14.2 Å². The van der Waals surface area contributed by atoms with Crippen molar-refractivity contribution in [3.8, 4) is 0 Å². The summed E-state index contributed by atoms with van der Waals surface area (Å²) < 4.78 is 34.8. The smallest absolute Gasteiger partial charge is 0.262 e. The highest BCUT2D eigenvalue weighted by atomic mass is 79.9. The third-order valence-electron chi connectivity index (χ3n) is 4.78. The van der Waals surface area contributed by atoms with Gasteiger partial charge in [-0.3, -0.25) is 9.52 Å². The van der Waals surface area contributed by atoms with Crippen molar-refractivity contribution in [3.05, 3.63) is 57.3 Å². The van der Waals surface area contributed by atoms with E-state index in [1.807, 2.05) is 13.0 Å². The molecule has 0 saturated carbocycles. The first-order chi connectivity index (χ1) is 12.8. The SMILES string of the molecule is Cc1ccc(S(=O)(=O)Nc2cc(Br)c3oc4c(c3c2)C(=O)CCC4)c(C)c1. The maximum atomic E-state index is 12.9. The Morgan fingerprint density at radius 3 is 2.63 bits per heavy atom. The van der Waals surface area contributed by atoms with Crippen molar-refractivity contribution in [2.45, 2.75) is 38.0 Å². The Labute approximate surface area is 165 Å². The van der Waals surface area contributed by atoms with Gasteiger partial charge in [-0.25, -0.2) is 8.42 Å². The number of halogens is 1. The summed E-state index contributed by atoms with van der Waals surface area (Å²) in [4.78, 5) is 12.6. The highest BCUT2D eigenvalue weighted by Crippen LogP contribution is 2.38. The predicted octanol–water partition coefficient (Wildman–Crippen LogP) is 5.13. The molecule has 0 radical (unpaired) electrons. The van der Waals surface area contributed by atoms with Gasteiger partial charge in [0.25, 0.3) is 10.0 Å². The lowest BCUT2D eigenvalue weighted by molar-refractivity contribution is 0.0971. The number of hydrogen-bond acceptors (Lipinski definition) is 4. The van der Waals surface area contributed by atoms with Crippen LogP contribution in [0.5, 0.6) is 0 Å². The van der Waals surface area contributed by atoms with E-state index >= 15 is 0 Å². The number of carbonyl (C=O) groups is 1. The lowest BCUT2D eigenvalue weighted by atomic mass is 9.94. The molecular formula is C20H18BrNO4S. The third-order valence-corrected chi connectivity index (χ3v) is 6.91. The Morgan fingerprint density at radius 1 is 1.11 bits per heavy atom. The van der Waals surface area contributed by atoms with Crippen molar-refractivity contribution < 1.29 is 17.6 Å². The van der Waals surface area contributed by atoms with Crippen LogP contribution in [0, 0.1) is 13.8 Å². The van der Waals surface area contributed by atoms with Crippen molar-refractivity contribution in [2.24, 2.45) is 0 Å². The number of furan rings is 1. The van der Waals surface area contributed by atoms with Gasteiger partial charge >= 0.3 is 0 Å². The van der Waals surface area contributed by atoms with Gasteiger partial charge in [-0.15, -0.1) is 0 Å². The first-order valence-electron chi connectivity index (χ1n) is 8.64. The van der Waals surface area contributed by atoms with Crippen LogP contribution in [0.2, 0.25) is 0 Å². The fourth-order valence-corrected chi connectivity index (χ4v) is 5.40. The van der Waals surface area contributed by atoms with Crippen LogP contribution < -0.4 is 4.72 Å². The maximum Gasteiger partial charge on any atom is 0.262 e. The van der Waals surface area contributed by atoms with Crippen LogP contribution in [0.25, 0.3) is 11.0 Å². The van der Waals surface area contributed by atoms with Crippen molar-refractivity contribution in [3.63, 3.8) is 0 Å². The van der Waals surface area contributed by atoms with E-state index in [-0.39, 0.29) is 10.7 Å². The zero-order chi connectivity index (χ0) is 19.3. The van der Waals surface area contributed by atoms with Crippen molar-refractivity contribution >= 4 is 48.4 Å². The molecule has 1 heterocycles. The first-order valence-corrected chi connectivity index (χ1v) is 10.9. The van der Waals surface area contributed by atoms with Gasteiger partial charge in [-0.2, -0.15) is 0 Å². The zero-order valence-electron chi connectivity index (χ0n) is 14.9. The van der Waals surface area contributed by atoms with E-state index in [0.29, 0.717) is 50.9 Å². The molecular weight excluding hydrogens is 430 g/mol. The number of fused-ring (bicyclic) bond motifs is 3. The number of nitrogens with one attached hydrogen (secondary N) is 1. The van der Waals surface area contributed by atoms with Crippen LogP contribution in [0.1, 0.15) is 40.1 Å². The molecule has 0 spiro atoms. The number of anilines is 1. The molecule has 1 aliphatic carbocycles. The van der Waals surface area contributed by atoms with Gasteiger partial charge in [0.15, 0.2) is 5.78 Å².